The summed E-state index contributed by atoms with van der Waals surface area (Å²) in [5.41, 5.74) is 1.56. The fourth-order valence-electron chi connectivity index (χ4n) is 2.40. The number of nitrogens with one attached hydrogen (secondary N) is 1. The summed E-state index contributed by atoms with van der Waals surface area (Å²) in [5, 5.41) is 3.57. The molecule has 1 aromatic rings. The minimum absolute atomic E-state index is 0.381. The molecule has 0 aromatic carbocycles. The molecule has 0 spiro atoms. The fourth-order valence-corrected chi connectivity index (χ4v) is 2.98. The smallest absolute Gasteiger partial charge is 0.140 e. The number of aryl methyl sites for hydroxylation is 1. The lowest BCUT2D eigenvalue weighted by Crippen LogP contribution is -2.31. The van der Waals surface area contributed by atoms with E-state index >= 15 is 0 Å². The highest BCUT2D eigenvalue weighted by atomic mass is 79.9. The Balaban J connectivity index is 2.15. The lowest BCUT2D eigenvalue weighted by atomic mass is 9.87. The summed E-state index contributed by atoms with van der Waals surface area (Å²) in [6.45, 7) is 6.72. The van der Waals surface area contributed by atoms with Gasteiger partial charge >= 0.3 is 0 Å². The molecule has 1 N–H and O–H groups in total. The van der Waals surface area contributed by atoms with Gasteiger partial charge in [0.2, 0.25) is 0 Å². The lowest BCUT2D eigenvalue weighted by molar-refractivity contribution is 0.349. The van der Waals surface area contributed by atoms with E-state index in [1.54, 1.807) is 0 Å². The van der Waals surface area contributed by atoms with E-state index in [9.17, 15) is 0 Å². The summed E-state index contributed by atoms with van der Waals surface area (Å²) in [5.74, 6) is 0.977. The average molecular weight is 283 g/mol. The van der Waals surface area contributed by atoms with E-state index in [1.165, 1.54) is 24.8 Å². The molecule has 1 aliphatic rings. The Labute approximate surface area is 106 Å². The number of hydrogen-bond acceptors (Lipinski definition) is 2. The van der Waals surface area contributed by atoms with Crippen LogP contribution < -0.4 is 5.32 Å². The van der Waals surface area contributed by atoms with Crippen LogP contribution in [0.15, 0.2) is 16.7 Å². The molecule has 0 radical (unpaired) electrons. The van der Waals surface area contributed by atoms with Gasteiger partial charge < -0.3 is 5.32 Å². The molecule has 2 rings (SSSR count). The molecule has 1 fully saturated rings. The molecule has 1 aliphatic carbocycles. The Hall–Kier alpha value is -0.570. The monoisotopic (exact) mass is 282 g/mol. The van der Waals surface area contributed by atoms with E-state index in [-0.39, 0.29) is 0 Å². The van der Waals surface area contributed by atoms with Crippen LogP contribution in [0.3, 0.4) is 0 Å². The number of hydrogen-bond donors (Lipinski definition) is 1. The van der Waals surface area contributed by atoms with Crippen molar-refractivity contribution >= 4 is 21.7 Å². The van der Waals surface area contributed by atoms with Gasteiger partial charge in [0.25, 0.3) is 0 Å². The zero-order valence-corrected chi connectivity index (χ0v) is 11.8. The number of pyridine rings is 1. The summed E-state index contributed by atoms with van der Waals surface area (Å²) in [7, 11) is 0. The maximum Gasteiger partial charge on any atom is 0.140 e. The number of nitrogens with zero attached hydrogens (tertiary/aromatic N) is 1. The number of halogens is 1. The van der Waals surface area contributed by atoms with Crippen molar-refractivity contribution in [3.05, 3.63) is 22.3 Å². The third kappa shape index (κ3) is 2.40. The normalized spacial score (nSPS) is 23.4. The Morgan fingerprint density at radius 3 is 2.81 bits per heavy atom. The molecule has 16 heavy (non-hydrogen) atoms. The van der Waals surface area contributed by atoms with Crippen molar-refractivity contribution in [1.82, 2.24) is 4.98 Å². The molecule has 3 heteroatoms. The quantitative estimate of drug-likeness (QED) is 0.882. The van der Waals surface area contributed by atoms with Gasteiger partial charge in [0, 0.05) is 12.2 Å². The minimum atomic E-state index is 0.381. The maximum atomic E-state index is 4.45. The van der Waals surface area contributed by atoms with Gasteiger partial charge in [0.1, 0.15) is 5.82 Å². The van der Waals surface area contributed by atoms with Crippen LogP contribution in [0.2, 0.25) is 0 Å². The van der Waals surface area contributed by atoms with E-state index in [4.69, 9.17) is 0 Å². The van der Waals surface area contributed by atoms with Gasteiger partial charge in [-0.2, -0.15) is 0 Å². The second-order valence-electron chi connectivity index (χ2n) is 5.42. The first kappa shape index (κ1) is 11.9. The molecule has 2 nitrogen and oxygen atoms in total. The Morgan fingerprint density at radius 2 is 2.25 bits per heavy atom. The molecular formula is C13H19BrN2. The van der Waals surface area contributed by atoms with E-state index in [1.807, 2.05) is 6.20 Å². The molecule has 1 unspecified atom stereocenters. The standard InChI is InChI=1S/C13H19BrN2/c1-9-7-10(14)12(15-8-9)16-11-5-4-6-13(11,2)3/h7-8,11H,4-6H2,1-3H3,(H,15,16). The van der Waals surface area contributed by atoms with Crippen LogP contribution in [-0.2, 0) is 0 Å². The zero-order valence-electron chi connectivity index (χ0n) is 10.2. The highest BCUT2D eigenvalue weighted by molar-refractivity contribution is 9.10. The van der Waals surface area contributed by atoms with Crippen molar-refractivity contribution in [2.24, 2.45) is 5.41 Å². The van der Waals surface area contributed by atoms with Gasteiger partial charge in [-0.3, -0.25) is 0 Å². The molecule has 0 saturated heterocycles. The first-order valence-electron chi connectivity index (χ1n) is 5.88. The average Bonchev–Trinajstić information content (AvgIpc) is 2.50. The molecule has 0 amide bonds. The topological polar surface area (TPSA) is 24.9 Å². The number of aromatic nitrogens is 1. The summed E-state index contributed by atoms with van der Waals surface area (Å²) in [4.78, 5) is 4.45. The van der Waals surface area contributed by atoms with Crippen LogP contribution in [0.25, 0.3) is 0 Å². The predicted molar refractivity (Wildman–Crippen MR) is 71.7 cm³/mol. The first-order valence-corrected chi connectivity index (χ1v) is 6.67. The maximum absolute atomic E-state index is 4.45. The Kier molecular flexibility index (Phi) is 3.24. The molecule has 88 valence electrons. The Bertz CT molecular complexity index is 388. The van der Waals surface area contributed by atoms with Crippen LogP contribution in [-0.4, -0.2) is 11.0 Å². The van der Waals surface area contributed by atoms with Crippen molar-refractivity contribution in [2.45, 2.75) is 46.1 Å². The molecule has 1 saturated carbocycles. The largest absolute Gasteiger partial charge is 0.366 e. The SMILES string of the molecule is Cc1cnc(NC2CCCC2(C)C)c(Br)c1. The molecule has 0 aliphatic heterocycles. The summed E-state index contributed by atoms with van der Waals surface area (Å²) in [6.07, 6.45) is 5.77. The first-order chi connectivity index (χ1) is 7.49. The number of anilines is 1. The van der Waals surface area contributed by atoms with E-state index < -0.39 is 0 Å². The highest BCUT2D eigenvalue weighted by Crippen LogP contribution is 2.39. The zero-order chi connectivity index (χ0) is 11.8. The second kappa shape index (κ2) is 4.36. The van der Waals surface area contributed by atoms with Crippen molar-refractivity contribution < 1.29 is 0 Å². The van der Waals surface area contributed by atoms with Crippen LogP contribution in [0.1, 0.15) is 38.7 Å². The third-order valence-corrected chi connectivity index (χ3v) is 4.15. The molecule has 0 bridgehead atoms. The van der Waals surface area contributed by atoms with Crippen molar-refractivity contribution in [3.63, 3.8) is 0 Å². The second-order valence-corrected chi connectivity index (χ2v) is 6.28. The lowest BCUT2D eigenvalue weighted by Gasteiger charge is -2.28. The van der Waals surface area contributed by atoms with Crippen molar-refractivity contribution in [2.75, 3.05) is 5.32 Å². The Morgan fingerprint density at radius 1 is 1.50 bits per heavy atom. The van der Waals surface area contributed by atoms with E-state index in [2.05, 4.69) is 53.1 Å². The van der Waals surface area contributed by atoms with Gasteiger partial charge in [-0.05, 0) is 52.7 Å². The summed E-state index contributed by atoms with van der Waals surface area (Å²) in [6, 6.07) is 2.65. The van der Waals surface area contributed by atoms with Gasteiger partial charge in [-0.15, -0.1) is 0 Å². The summed E-state index contributed by atoms with van der Waals surface area (Å²) >= 11 is 3.57. The third-order valence-electron chi connectivity index (χ3n) is 3.55. The molecule has 1 heterocycles. The van der Waals surface area contributed by atoms with E-state index in [0.29, 0.717) is 11.5 Å². The van der Waals surface area contributed by atoms with Gasteiger partial charge in [-0.1, -0.05) is 20.3 Å². The van der Waals surface area contributed by atoms with Crippen molar-refractivity contribution in [3.8, 4) is 0 Å². The summed E-state index contributed by atoms with van der Waals surface area (Å²) < 4.78 is 1.07. The number of rotatable bonds is 2. The van der Waals surface area contributed by atoms with Gasteiger partial charge in [0.05, 0.1) is 4.47 Å². The van der Waals surface area contributed by atoms with Crippen LogP contribution in [0, 0.1) is 12.3 Å². The van der Waals surface area contributed by atoms with Crippen LogP contribution >= 0.6 is 15.9 Å². The van der Waals surface area contributed by atoms with Gasteiger partial charge in [0.15, 0.2) is 0 Å². The van der Waals surface area contributed by atoms with Crippen LogP contribution in [0.5, 0.6) is 0 Å². The van der Waals surface area contributed by atoms with E-state index in [0.717, 1.165) is 10.3 Å². The van der Waals surface area contributed by atoms with Gasteiger partial charge in [-0.25, -0.2) is 4.98 Å². The highest BCUT2D eigenvalue weighted by Gasteiger charge is 2.34. The van der Waals surface area contributed by atoms with Crippen molar-refractivity contribution in [1.29, 1.82) is 0 Å². The fraction of sp³-hybridized carbons (Fsp3) is 0.615. The van der Waals surface area contributed by atoms with Crippen LogP contribution in [0.4, 0.5) is 5.82 Å². The predicted octanol–water partition coefficient (Wildman–Crippen LogP) is 4.14. The molecule has 1 atom stereocenters. The molecule has 1 aromatic heterocycles. The molecular weight excluding hydrogens is 264 g/mol. The minimum Gasteiger partial charge on any atom is -0.366 e.